The fourth-order valence-corrected chi connectivity index (χ4v) is 3.67. The maximum atomic E-state index is 12.4. The summed E-state index contributed by atoms with van der Waals surface area (Å²) in [5, 5.41) is 2.85. The normalized spacial score (nSPS) is 25.4. The Bertz CT molecular complexity index is 345. The van der Waals surface area contributed by atoms with Gasteiger partial charge < -0.3 is 10.2 Å². The zero-order valence-corrected chi connectivity index (χ0v) is 13.1. The third-order valence-corrected chi connectivity index (χ3v) is 4.86. The summed E-state index contributed by atoms with van der Waals surface area (Å²) in [7, 11) is 0. The van der Waals surface area contributed by atoms with Gasteiger partial charge in [0.05, 0.1) is 0 Å². The van der Waals surface area contributed by atoms with E-state index in [0.29, 0.717) is 13.0 Å². The van der Waals surface area contributed by atoms with Gasteiger partial charge in [0.2, 0.25) is 11.8 Å². The van der Waals surface area contributed by atoms with E-state index in [2.05, 4.69) is 10.2 Å². The summed E-state index contributed by atoms with van der Waals surface area (Å²) in [5.74, 6) is 2.48. The van der Waals surface area contributed by atoms with Crippen molar-refractivity contribution in [2.24, 2.45) is 0 Å². The Balaban J connectivity index is 1.87. The molecule has 1 atom stereocenters. The molecule has 20 heavy (non-hydrogen) atoms. The van der Waals surface area contributed by atoms with Crippen molar-refractivity contribution >= 4 is 23.6 Å². The number of amides is 2. The SMILES string of the molecule is CCCC1NC(=O)CCN(CCN2CCSCC2)C1=O. The van der Waals surface area contributed by atoms with E-state index < -0.39 is 0 Å². The number of hydrogen-bond donors (Lipinski definition) is 1. The molecule has 6 heteroatoms. The highest BCUT2D eigenvalue weighted by atomic mass is 32.2. The van der Waals surface area contributed by atoms with E-state index in [4.69, 9.17) is 0 Å². The van der Waals surface area contributed by atoms with Crippen LogP contribution < -0.4 is 5.32 Å². The molecule has 2 saturated heterocycles. The number of carbonyl (C=O) groups is 2. The minimum absolute atomic E-state index is 0.00803. The summed E-state index contributed by atoms with van der Waals surface area (Å²) < 4.78 is 0. The van der Waals surface area contributed by atoms with E-state index in [9.17, 15) is 9.59 Å². The Morgan fingerprint density at radius 3 is 2.65 bits per heavy atom. The fourth-order valence-electron chi connectivity index (χ4n) is 2.69. The number of nitrogens with zero attached hydrogens (tertiary/aromatic N) is 2. The van der Waals surface area contributed by atoms with Crippen LogP contribution in [-0.4, -0.2) is 71.9 Å². The summed E-state index contributed by atoms with van der Waals surface area (Å²) in [6.07, 6.45) is 2.08. The van der Waals surface area contributed by atoms with Gasteiger partial charge in [-0.2, -0.15) is 11.8 Å². The molecule has 0 bridgehead atoms. The topological polar surface area (TPSA) is 52.7 Å². The maximum Gasteiger partial charge on any atom is 0.245 e. The zero-order chi connectivity index (χ0) is 14.4. The van der Waals surface area contributed by atoms with Crippen LogP contribution in [0, 0.1) is 0 Å². The molecular weight excluding hydrogens is 274 g/mol. The van der Waals surface area contributed by atoms with Crippen molar-refractivity contribution in [3.63, 3.8) is 0 Å². The first-order valence-corrected chi connectivity index (χ1v) is 8.74. The number of thioether (sulfide) groups is 1. The van der Waals surface area contributed by atoms with Gasteiger partial charge in [-0.25, -0.2) is 0 Å². The van der Waals surface area contributed by atoms with Gasteiger partial charge in [-0.15, -0.1) is 0 Å². The minimum atomic E-state index is -0.313. The van der Waals surface area contributed by atoms with Crippen molar-refractivity contribution in [2.75, 3.05) is 44.2 Å². The average Bonchev–Trinajstić information content (AvgIpc) is 2.59. The monoisotopic (exact) mass is 299 g/mol. The van der Waals surface area contributed by atoms with Crippen LogP contribution in [0.3, 0.4) is 0 Å². The molecule has 0 aliphatic carbocycles. The lowest BCUT2D eigenvalue weighted by atomic mass is 10.1. The van der Waals surface area contributed by atoms with E-state index in [1.165, 1.54) is 11.5 Å². The van der Waals surface area contributed by atoms with Crippen molar-refractivity contribution in [2.45, 2.75) is 32.2 Å². The third kappa shape index (κ3) is 4.38. The molecule has 1 unspecified atom stereocenters. The predicted molar refractivity (Wildman–Crippen MR) is 81.8 cm³/mol. The summed E-state index contributed by atoms with van der Waals surface area (Å²) in [6.45, 7) is 6.51. The molecule has 0 radical (unpaired) electrons. The molecular formula is C14H25N3O2S. The van der Waals surface area contributed by atoms with Crippen LogP contribution in [0.2, 0.25) is 0 Å². The van der Waals surface area contributed by atoms with Gasteiger partial charge in [0.15, 0.2) is 0 Å². The summed E-state index contributed by atoms with van der Waals surface area (Å²) in [4.78, 5) is 28.4. The van der Waals surface area contributed by atoms with E-state index in [1.54, 1.807) is 0 Å². The van der Waals surface area contributed by atoms with Crippen LogP contribution in [0.25, 0.3) is 0 Å². The number of rotatable bonds is 5. The first-order valence-electron chi connectivity index (χ1n) is 7.59. The largest absolute Gasteiger partial charge is 0.344 e. The highest BCUT2D eigenvalue weighted by molar-refractivity contribution is 7.99. The Hall–Kier alpha value is -0.750. The molecule has 2 aliphatic heterocycles. The first-order chi connectivity index (χ1) is 9.70. The number of nitrogens with one attached hydrogen (secondary N) is 1. The van der Waals surface area contributed by atoms with Gasteiger partial charge in [0, 0.05) is 50.7 Å². The van der Waals surface area contributed by atoms with Crippen molar-refractivity contribution in [1.29, 1.82) is 0 Å². The second kappa shape index (κ2) is 7.88. The smallest absolute Gasteiger partial charge is 0.245 e. The quantitative estimate of drug-likeness (QED) is 0.806. The van der Waals surface area contributed by atoms with Crippen LogP contribution in [0.4, 0.5) is 0 Å². The van der Waals surface area contributed by atoms with E-state index in [0.717, 1.165) is 39.0 Å². The third-order valence-electron chi connectivity index (χ3n) is 3.92. The molecule has 0 aromatic carbocycles. The van der Waals surface area contributed by atoms with Crippen molar-refractivity contribution in [3.05, 3.63) is 0 Å². The van der Waals surface area contributed by atoms with Gasteiger partial charge in [-0.3, -0.25) is 14.5 Å². The van der Waals surface area contributed by atoms with Crippen LogP contribution in [0.1, 0.15) is 26.2 Å². The molecule has 2 rings (SSSR count). The summed E-state index contributed by atoms with van der Waals surface area (Å²) in [6, 6.07) is -0.313. The van der Waals surface area contributed by atoms with Gasteiger partial charge in [-0.05, 0) is 6.42 Å². The second-order valence-electron chi connectivity index (χ2n) is 5.44. The van der Waals surface area contributed by atoms with E-state index in [1.807, 2.05) is 23.6 Å². The molecule has 0 spiro atoms. The van der Waals surface area contributed by atoms with E-state index >= 15 is 0 Å². The first kappa shape index (κ1) is 15.6. The molecule has 114 valence electrons. The van der Waals surface area contributed by atoms with Crippen LogP contribution in [0.5, 0.6) is 0 Å². The lowest BCUT2D eigenvalue weighted by molar-refractivity contribution is -0.133. The highest BCUT2D eigenvalue weighted by Crippen LogP contribution is 2.11. The molecule has 1 N–H and O–H groups in total. The molecule has 5 nitrogen and oxygen atoms in total. The zero-order valence-electron chi connectivity index (χ0n) is 12.3. The standard InChI is InChI=1S/C14H25N3O2S/c1-2-3-12-14(19)17(5-4-13(18)15-12)7-6-16-8-10-20-11-9-16/h12H,2-11H2,1H3,(H,15,18). The Labute approximate surface area is 125 Å². The fraction of sp³-hybridized carbons (Fsp3) is 0.857. The Morgan fingerprint density at radius 1 is 1.20 bits per heavy atom. The van der Waals surface area contributed by atoms with Gasteiger partial charge in [0.1, 0.15) is 6.04 Å². The molecule has 2 aliphatic rings. The van der Waals surface area contributed by atoms with Crippen molar-refractivity contribution < 1.29 is 9.59 Å². The molecule has 2 fully saturated rings. The average molecular weight is 299 g/mol. The molecule has 2 amide bonds. The minimum Gasteiger partial charge on any atom is -0.344 e. The predicted octanol–water partition coefficient (Wildman–Crippen LogP) is 0.552. The van der Waals surface area contributed by atoms with Gasteiger partial charge in [-0.1, -0.05) is 13.3 Å². The number of hydrogen-bond acceptors (Lipinski definition) is 4. The van der Waals surface area contributed by atoms with Crippen molar-refractivity contribution in [3.8, 4) is 0 Å². The van der Waals surface area contributed by atoms with Crippen LogP contribution in [0.15, 0.2) is 0 Å². The van der Waals surface area contributed by atoms with Gasteiger partial charge >= 0.3 is 0 Å². The van der Waals surface area contributed by atoms with E-state index in [-0.39, 0.29) is 17.9 Å². The van der Waals surface area contributed by atoms with Crippen LogP contribution >= 0.6 is 11.8 Å². The molecule has 0 aromatic heterocycles. The Kier molecular flexibility index (Phi) is 6.16. The molecule has 0 aromatic rings. The lowest BCUT2D eigenvalue weighted by Crippen LogP contribution is -2.47. The summed E-state index contributed by atoms with van der Waals surface area (Å²) in [5.41, 5.74) is 0. The maximum absolute atomic E-state index is 12.4. The highest BCUT2D eigenvalue weighted by Gasteiger charge is 2.29. The Morgan fingerprint density at radius 2 is 1.95 bits per heavy atom. The molecule has 2 heterocycles. The van der Waals surface area contributed by atoms with Gasteiger partial charge in [0.25, 0.3) is 0 Å². The van der Waals surface area contributed by atoms with Crippen molar-refractivity contribution in [1.82, 2.24) is 15.1 Å². The van der Waals surface area contributed by atoms with Crippen LogP contribution in [-0.2, 0) is 9.59 Å². The lowest BCUT2D eigenvalue weighted by Gasteiger charge is -2.30. The number of carbonyl (C=O) groups excluding carboxylic acids is 2. The molecule has 0 saturated carbocycles. The summed E-state index contributed by atoms with van der Waals surface area (Å²) >= 11 is 1.99. The second-order valence-corrected chi connectivity index (χ2v) is 6.66.